The lowest BCUT2D eigenvalue weighted by Crippen LogP contribution is -2.07. The van der Waals surface area contributed by atoms with Crippen molar-refractivity contribution in [1.29, 1.82) is 0 Å². The predicted octanol–water partition coefficient (Wildman–Crippen LogP) is 4.55. The molecule has 1 N–H and O–H groups in total. The monoisotopic (exact) mass is 283 g/mol. The van der Waals surface area contributed by atoms with E-state index in [0.29, 0.717) is 17.1 Å². The van der Waals surface area contributed by atoms with Gasteiger partial charge in [-0.3, -0.25) is 0 Å². The standard InChI is InChI=1S/C14H12ClF2NO/c15-11-6-2-3-7-12(11)18-9-10-5-1-4-8-13(10)19-14(16)17/h1-8,14,18H,9H2. The number of alkyl halides is 2. The molecule has 0 aliphatic rings. The van der Waals surface area contributed by atoms with Gasteiger partial charge in [0, 0.05) is 12.1 Å². The van der Waals surface area contributed by atoms with Gasteiger partial charge in [0.1, 0.15) is 5.75 Å². The highest BCUT2D eigenvalue weighted by Crippen LogP contribution is 2.24. The third-order valence-corrected chi connectivity index (χ3v) is 2.86. The highest BCUT2D eigenvalue weighted by atomic mass is 35.5. The first-order valence-corrected chi connectivity index (χ1v) is 6.06. The lowest BCUT2D eigenvalue weighted by atomic mass is 10.2. The average molecular weight is 284 g/mol. The highest BCUT2D eigenvalue weighted by molar-refractivity contribution is 6.33. The molecule has 0 bridgehead atoms. The molecular weight excluding hydrogens is 272 g/mol. The Bertz CT molecular complexity index is 548. The van der Waals surface area contributed by atoms with E-state index in [0.717, 1.165) is 5.69 Å². The summed E-state index contributed by atoms with van der Waals surface area (Å²) in [6.07, 6.45) is 0. The molecule has 2 aromatic rings. The number of anilines is 1. The van der Waals surface area contributed by atoms with Crippen LogP contribution in [0.5, 0.6) is 5.75 Å². The van der Waals surface area contributed by atoms with E-state index in [4.69, 9.17) is 11.6 Å². The summed E-state index contributed by atoms with van der Waals surface area (Å²) >= 11 is 6.00. The fourth-order valence-corrected chi connectivity index (χ4v) is 1.86. The van der Waals surface area contributed by atoms with E-state index in [2.05, 4.69) is 10.1 Å². The van der Waals surface area contributed by atoms with Crippen molar-refractivity contribution < 1.29 is 13.5 Å². The number of benzene rings is 2. The maximum absolute atomic E-state index is 12.3. The van der Waals surface area contributed by atoms with Crippen LogP contribution in [0, 0.1) is 0 Å². The van der Waals surface area contributed by atoms with Crippen LogP contribution in [0.15, 0.2) is 48.5 Å². The molecule has 2 nitrogen and oxygen atoms in total. The van der Waals surface area contributed by atoms with Crippen molar-refractivity contribution in [3.8, 4) is 5.75 Å². The molecule has 0 atom stereocenters. The maximum Gasteiger partial charge on any atom is 0.387 e. The molecule has 100 valence electrons. The zero-order valence-corrected chi connectivity index (χ0v) is 10.7. The molecule has 0 aliphatic heterocycles. The molecule has 0 saturated heterocycles. The molecule has 0 heterocycles. The van der Waals surface area contributed by atoms with Gasteiger partial charge in [0.2, 0.25) is 0 Å². The van der Waals surface area contributed by atoms with Crippen LogP contribution in [0.1, 0.15) is 5.56 Å². The number of halogens is 3. The predicted molar refractivity (Wildman–Crippen MR) is 71.9 cm³/mol. The molecule has 2 aromatic carbocycles. The molecule has 0 fully saturated rings. The number of hydrogen-bond donors (Lipinski definition) is 1. The molecule has 5 heteroatoms. The lowest BCUT2D eigenvalue weighted by molar-refractivity contribution is -0.0504. The van der Waals surface area contributed by atoms with Crippen LogP contribution >= 0.6 is 11.6 Å². The van der Waals surface area contributed by atoms with Crippen LogP contribution in [0.25, 0.3) is 0 Å². The van der Waals surface area contributed by atoms with E-state index in [1.54, 1.807) is 24.3 Å². The molecule has 0 aromatic heterocycles. The van der Waals surface area contributed by atoms with Crippen molar-refractivity contribution in [2.24, 2.45) is 0 Å². The van der Waals surface area contributed by atoms with Crippen LogP contribution in [0.4, 0.5) is 14.5 Å². The summed E-state index contributed by atoms with van der Waals surface area (Å²) in [6, 6.07) is 13.9. The quantitative estimate of drug-likeness (QED) is 0.869. The summed E-state index contributed by atoms with van der Waals surface area (Å²) in [5.74, 6) is 0.164. The second kappa shape index (κ2) is 6.38. The zero-order chi connectivity index (χ0) is 13.7. The average Bonchev–Trinajstić information content (AvgIpc) is 2.39. The summed E-state index contributed by atoms with van der Waals surface area (Å²) in [6.45, 7) is -2.48. The van der Waals surface area contributed by atoms with Crippen LogP contribution < -0.4 is 10.1 Å². The van der Waals surface area contributed by atoms with Crippen molar-refractivity contribution in [2.75, 3.05) is 5.32 Å². The minimum atomic E-state index is -2.83. The van der Waals surface area contributed by atoms with E-state index >= 15 is 0 Å². The number of para-hydroxylation sites is 2. The summed E-state index contributed by atoms with van der Waals surface area (Å²) in [7, 11) is 0. The van der Waals surface area contributed by atoms with Gasteiger partial charge < -0.3 is 10.1 Å². The lowest BCUT2D eigenvalue weighted by Gasteiger charge is -2.12. The first-order valence-electron chi connectivity index (χ1n) is 5.68. The topological polar surface area (TPSA) is 21.3 Å². The first-order chi connectivity index (χ1) is 9.16. The molecule has 0 spiro atoms. The summed E-state index contributed by atoms with van der Waals surface area (Å²) in [5.41, 5.74) is 1.39. The second-order valence-corrected chi connectivity index (χ2v) is 4.23. The first kappa shape index (κ1) is 13.6. The van der Waals surface area contributed by atoms with Crippen LogP contribution in [0.3, 0.4) is 0 Å². The minimum absolute atomic E-state index is 0.164. The van der Waals surface area contributed by atoms with Crippen molar-refractivity contribution in [3.63, 3.8) is 0 Å². The SMILES string of the molecule is FC(F)Oc1ccccc1CNc1ccccc1Cl. The second-order valence-electron chi connectivity index (χ2n) is 3.82. The van der Waals surface area contributed by atoms with E-state index < -0.39 is 6.61 Å². The maximum atomic E-state index is 12.3. The van der Waals surface area contributed by atoms with Gasteiger partial charge in [-0.05, 0) is 18.2 Å². The van der Waals surface area contributed by atoms with Gasteiger partial charge in [0.25, 0.3) is 0 Å². The Balaban J connectivity index is 2.09. The smallest absolute Gasteiger partial charge is 0.387 e. The van der Waals surface area contributed by atoms with E-state index in [1.807, 2.05) is 18.2 Å². The Hall–Kier alpha value is -1.81. The fraction of sp³-hybridized carbons (Fsp3) is 0.143. The molecular formula is C14H12ClF2NO. The largest absolute Gasteiger partial charge is 0.434 e. The van der Waals surface area contributed by atoms with Gasteiger partial charge in [-0.25, -0.2) is 0 Å². The van der Waals surface area contributed by atoms with Crippen LogP contribution in [0.2, 0.25) is 5.02 Å². The summed E-state index contributed by atoms with van der Waals surface area (Å²) < 4.78 is 29.0. The Morgan fingerprint density at radius 3 is 2.47 bits per heavy atom. The molecule has 0 saturated carbocycles. The summed E-state index contributed by atoms with van der Waals surface area (Å²) in [5, 5.41) is 3.66. The third-order valence-electron chi connectivity index (χ3n) is 2.53. The molecule has 2 rings (SSSR count). The minimum Gasteiger partial charge on any atom is -0.434 e. The van der Waals surface area contributed by atoms with Crippen LogP contribution in [-0.4, -0.2) is 6.61 Å². The Kier molecular flexibility index (Phi) is 4.58. The van der Waals surface area contributed by atoms with Gasteiger partial charge in [0.15, 0.2) is 0 Å². The molecule has 0 amide bonds. The number of ether oxygens (including phenoxy) is 1. The van der Waals surface area contributed by atoms with Gasteiger partial charge in [0.05, 0.1) is 10.7 Å². The molecule has 0 aliphatic carbocycles. The number of nitrogens with one attached hydrogen (secondary N) is 1. The van der Waals surface area contributed by atoms with Gasteiger partial charge in [-0.1, -0.05) is 41.9 Å². The van der Waals surface area contributed by atoms with Crippen molar-refractivity contribution in [1.82, 2.24) is 0 Å². The van der Waals surface area contributed by atoms with Crippen LogP contribution in [-0.2, 0) is 6.54 Å². The number of hydrogen-bond acceptors (Lipinski definition) is 2. The van der Waals surface area contributed by atoms with Gasteiger partial charge in [-0.2, -0.15) is 8.78 Å². The van der Waals surface area contributed by atoms with E-state index in [-0.39, 0.29) is 5.75 Å². The van der Waals surface area contributed by atoms with Gasteiger partial charge in [-0.15, -0.1) is 0 Å². The van der Waals surface area contributed by atoms with Crippen molar-refractivity contribution in [3.05, 3.63) is 59.1 Å². The highest BCUT2D eigenvalue weighted by Gasteiger charge is 2.09. The van der Waals surface area contributed by atoms with Crippen molar-refractivity contribution in [2.45, 2.75) is 13.2 Å². The van der Waals surface area contributed by atoms with Gasteiger partial charge >= 0.3 is 6.61 Å². The Labute approximate surface area is 115 Å². The molecule has 0 radical (unpaired) electrons. The normalized spacial score (nSPS) is 10.5. The van der Waals surface area contributed by atoms with E-state index in [1.165, 1.54) is 6.07 Å². The van der Waals surface area contributed by atoms with E-state index in [9.17, 15) is 8.78 Å². The molecule has 0 unspecified atom stereocenters. The van der Waals surface area contributed by atoms with Crippen molar-refractivity contribution >= 4 is 17.3 Å². The fourth-order valence-electron chi connectivity index (χ4n) is 1.66. The Morgan fingerprint density at radius 1 is 1.05 bits per heavy atom. The third kappa shape index (κ3) is 3.83. The Morgan fingerprint density at radius 2 is 1.74 bits per heavy atom. The number of rotatable bonds is 5. The zero-order valence-electron chi connectivity index (χ0n) is 9.95. The summed E-state index contributed by atoms with van der Waals surface area (Å²) in [4.78, 5) is 0. The molecule has 19 heavy (non-hydrogen) atoms.